The van der Waals surface area contributed by atoms with Crippen molar-refractivity contribution >= 4 is 5.97 Å². The summed E-state index contributed by atoms with van der Waals surface area (Å²) in [6, 6.07) is 0. The second-order valence-electron chi connectivity index (χ2n) is 1.80. The van der Waals surface area contributed by atoms with Crippen LogP contribution in [-0.4, -0.2) is 31.0 Å². The van der Waals surface area contributed by atoms with Crippen LogP contribution >= 0.6 is 0 Å². The molecule has 0 unspecified atom stereocenters. The number of hydrogen-bond donors (Lipinski definition) is 2. The fourth-order valence-electron chi connectivity index (χ4n) is 0.361. The lowest BCUT2D eigenvalue weighted by molar-refractivity contribution is -0.136. The lowest BCUT2D eigenvalue weighted by Gasteiger charge is -1.76. The van der Waals surface area contributed by atoms with Gasteiger partial charge in [0.1, 0.15) is 0 Å². The number of ether oxygens (including phenoxy) is 1. The smallest absolute Gasteiger partial charge is 0.303 e. The monoisotopic (exact) mass is 147 g/mol. The van der Waals surface area contributed by atoms with Crippen LogP contribution in [0.1, 0.15) is 13.3 Å². The molecule has 1 rings (SSSR count). The highest BCUT2D eigenvalue weighted by Gasteiger charge is 1.92. The Hall–Kier alpha value is -0.610. The Morgan fingerprint density at radius 3 is 2.50 bits per heavy atom. The molecule has 0 amide bonds. The second-order valence-corrected chi connectivity index (χ2v) is 1.80. The minimum atomic E-state index is -0.745. The number of carboxylic acids is 1. The zero-order valence-electron chi connectivity index (χ0n) is 6.09. The van der Waals surface area contributed by atoms with E-state index in [-0.39, 0.29) is 6.42 Å². The minimum absolute atomic E-state index is 0.222. The summed E-state index contributed by atoms with van der Waals surface area (Å²) in [7, 11) is 0. The summed E-state index contributed by atoms with van der Waals surface area (Å²) >= 11 is 0. The molecule has 0 spiro atoms. The highest BCUT2D eigenvalue weighted by Crippen LogP contribution is 1.75. The molecule has 1 aliphatic heterocycles. The van der Waals surface area contributed by atoms with Gasteiger partial charge < -0.3 is 9.84 Å². The summed E-state index contributed by atoms with van der Waals surface area (Å²) in [5, 5.41) is 10.7. The van der Waals surface area contributed by atoms with Crippen molar-refractivity contribution in [3.8, 4) is 0 Å². The number of carbonyl (C=O) groups is 1. The number of rotatable bonds is 1. The molecule has 4 heteroatoms. The molecule has 0 aromatic carbocycles. The van der Waals surface area contributed by atoms with Crippen molar-refractivity contribution in [1.29, 1.82) is 0 Å². The maximum absolute atomic E-state index is 9.37. The summed E-state index contributed by atoms with van der Waals surface area (Å²) in [5.74, 6) is -0.745. The Balaban J connectivity index is 0.000000162. The summed E-state index contributed by atoms with van der Waals surface area (Å²) in [4.78, 5) is 9.37. The highest BCUT2D eigenvalue weighted by atomic mass is 16.5. The van der Waals surface area contributed by atoms with Crippen molar-refractivity contribution in [2.45, 2.75) is 13.3 Å². The quantitative estimate of drug-likeness (QED) is 0.550. The van der Waals surface area contributed by atoms with E-state index in [1.54, 1.807) is 6.92 Å². The van der Waals surface area contributed by atoms with Crippen molar-refractivity contribution in [1.82, 2.24) is 5.32 Å². The molecule has 4 nitrogen and oxygen atoms in total. The topological polar surface area (TPSA) is 58.6 Å². The first kappa shape index (κ1) is 9.39. The predicted molar refractivity (Wildman–Crippen MR) is 36.7 cm³/mol. The molecule has 60 valence electrons. The molecule has 0 bridgehead atoms. The zero-order valence-corrected chi connectivity index (χ0v) is 6.09. The molecular weight excluding hydrogens is 134 g/mol. The molecule has 1 fully saturated rings. The van der Waals surface area contributed by atoms with Crippen LogP contribution in [0.4, 0.5) is 0 Å². The van der Waals surface area contributed by atoms with Gasteiger partial charge in [-0.2, -0.15) is 0 Å². The van der Waals surface area contributed by atoms with Crippen molar-refractivity contribution in [3.63, 3.8) is 0 Å². The SMILES string of the molecule is C1COCN1.CCC(=O)O. The first-order valence-electron chi connectivity index (χ1n) is 3.27. The molecule has 1 heterocycles. The van der Waals surface area contributed by atoms with Crippen LogP contribution in [-0.2, 0) is 9.53 Å². The summed E-state index contributed by atoms with van der Waals surface area (Å²) < 4.78 is 4.83. The average Bonchev–Trinajstić information content (AvgIpc) is 2.43. The van der Waals surface area contributed by atoms with E-state index in [0.717, 1.165) is 19.9 Å². The zero-order chi connectivity index (χ0) is 7.82. The van der Waals surface area contributed by atoms with Gasteiger partial charge >= 0.3 is 5.97 Å². The predicted octanol–water partition coefficient (Wildman–Crippen LogP) is 0.0447. The van der Waals surface area contributed by atoms with E-state index < -0.39 is 5.97 Å². The Labute approximate surface area is 60.2 Å². The second kappa shape index (κ2) is 6.51. The Bertz CT molecular complexity index is 83.4. The Morgan fingerprint density at radius 2 is 2.40 bits per heavy atom. The lowest BCUT2D eigenvalue weighted by atomic mass is 10.5. The van der Waals surface area contributed by atoms with Gasteiger partial charge in [-0.05, 0) is 0 Å². The summed E-state index contributed by atoms with van der Waals surface area (Å²) in [5.41, 5.74) is 0. The Morgan fingerprint density at radius 1 is 1.80 bits per heavy atom. The third-order valence-corrected chi connectivity index (χ3v) is 0.930. The normalized spacial score (nSPS) is 15.7. The first-order valence-corrected chi connectivity index (χ1v) is 3.27. The van der Waals surface area contributed by atoms with Crippen molar-refractivity contribution in [2.24, 2.45) is 0 Å². The summed E-state index contributed by atoms with van der Waals surface area (Å²) in [6.07, 6.45) is 0.222. The van der Waals surface area contributed by atoms with Crippen LogP contribution in [0.3, 0.4) is 0 Å². The molecule has 0 atom stereocenters. The van der Waals surface area contributed by atoms with E-state index in [0.29, 0.717) is 0 Å². The van der Waals surface area contributed by atoms with Crippen LogP contribution in [0.15, 0.2) is 0 Å². The molecule has 1 saturated heterocycles. The fourth-order valence-corrected chi connectivity index (χ4v) is 0.361. The average molecular weight is 147 g/mol. The molecule has 2 N–H and O–H groups in total. The van der Waals surface area contributed by atoms with E-state index in [2.05, 4.69) is 5.32 Å². The number of aliphatic carboxylic acids is 1. The van der Waals surface area contributed by atoms with Crippen LogP contribution < -0.4 is 5.32 Å². The third-order valence-electron chi connectivity index (χ3n) is 0.930. The lowest BCUT2D eigenvalue weighted by Crippen LogP contribution is -2.05. The van der Waals surface area contributed by atoms with Gasteiger partial charge in [0.2, 0.25) is 0 Å². The fraction of sp³-hybridized carbons (Fsp3) is 0.833. The molecular formula is C6H13NO3. The van der Waals surface area contributed by atoms with Crippen LogP contribution in [0.5, 0.6) is 0 Å². The number of nitrogens with one attached hydrogen (secondary N) is 1. The molecule has 0 aliphatic carbocycles. The third kappa shape index (κ3) is 7.39. The van der Waals surface area contributed by atoms with Crippen molar-refractivity contribution in [3.05, 3.63) is 0 Å². The minimum Gasteiger partial charge on any atom is -0.481 e. The van der Waals surface area contributed by atoms with E-state index in [1.165, 1.54) is 0 Å². The molecule has 0 aromatic rings. The van der Waals surface area contributed by atoms with Crippen LogP contribution in [0.25, 0.3) is 0 Å². The van der Waals surface area contributed by atoms with Gasteiger partial charge in [0.15, 0.2) is 0 Å². The molecule has 0 saturated carbocycles. The highest BCUT2D eigenvalue weighted by molar-refractivity contribution is 5.66. The summed E-state index contributed by atoms with van der Waals surface area (Å²) in [6.45, 7) is 4.27. The number of hydrogen-bond acceptors (Lipinski definition) is 3. The molecule has 0 radical (unpaired) electrons. The van der Waals surface area contributed by atoms with Crippen LogP contribution in [0.2, 0.25) is 0 Å². The Kier molecular flexibility index (Phi) is 6.11. The maximum atomic E-state index is 9.37. The standard InChI is InChI=1S/C3H7NO.C3H6O2/c1-2-5-3-4-1;1-2-3(4)5/h4H,1-3H2;2H2,1H3,(H,4,5). The van der Waals surface area contributed by atoms with E-state index in [1.807, 2.05) is 0 Å². The van der Waals surface area contributed by atoms with E-state index >= 15 is 0 Å². The van der Waals surface area contributed by atoms with Gasteiger partial charge in [-0.1, -0.05) is 6.92 Å². The van der Waals surface area contributed by atoms with Gasteiger partial charge in [-0.3, -0.25) is 10.1 Å². The molecule has 1 aliphatic rings. The van der Waals surface area contributed by atoms with E-state index in [4.69, 9.17) is 9.84 Å². The van der Waals surface area contributed by atoms with Crippen LogP contribution in [0, 0.1) is 0 Å². The van der Waals surface area contributed by atoms with Gasteiger partial charge in [-0.15, -0.1) is 0 Å². The van der Waals surface area contributed by atoms with Gasteiger partial charge in [0, 0.05) is 13.0 Å². The first-order chi connectivity index (χ1) is 4.77. The van der Waals surface area contributed by atoms with Crippen molar-refractivity contribution < 1.29 is 14.6 Å². The van der Waals surface area contributed by atoms with Gasteiger partial charge in [0.05, 0.1) is 13.3 Å². The maximum Gasteiger partial charge on any atom is 0.303 e. The number of carboxylic acid groups (broad SMARTS) is 1. The van der Waals surface area contributed by atoms with Gasteiger partial charge in [0.25, 0.3) is 0 Å². The van der Waals surface area contributed by atoms with Crippen molar-refractivity contribution in [2.75, 3.05) is 19.9 Å². The van der Waals surface area contributed by atoms with Gasteiger partial charge in [-0.25, -0.2) is 0 Å². The molecule has 0 aromatic heterocycles. The van der Waals surface area contributed by atoms with E-state index in [9.17, 15) is 4.79 Å². The largest absolute Gasteiger partial charge is 0.481 e. The molecule has 10 heavy (non-hydrogen) atoms.